The highest BCUT2D eigenvalue weighted by atomic mass is 35.5. The molecular weight excluding hydrogens is 291 g/mol. The molecule has 0 amide bonds. The predicted molar refractivity (Wildman–Crippen MR) is 80.7 cm³/mol. The van der Waals surface area contributed by atoms with Gasteiger partial charge in [0.25, 0.3) is 0 Å². The zero-order valence-electron chi connectivity index (χ0n) is 11.1. The summed E-state index contributed by atoms with van der Waals surface area (Å²) in [6, 6.07) is 9.85. The molecular formula is C16H12ClFN2O. The van der Waals surface area contributed by atoms with Crippen LogP contribution in [0.3, 0.4) is 0 Å². The number of aliphatic hydroxyl groups excluding tert-OH is 1. The van der Waals surface area contributed by atoms with Gasteiger partial charge in [-0.25, -0.2) is 4.39 Å². The fourth-order valence-electron chi connectivity index (χ4n) is 2.45. The number of aliphatic hydroxyl groups is 1. The van der Waals surface area contributed by atoms with E-state index in [1.807, 2.05) is 0 Å². The minimum atomic E-state index is -0.325. The Morgan fingerprint density at radius 1 is 1.19 bits per heavy atom. The van der Waals surface area contributed by atoms with E-state index in [2.05, 4.69) is 10.2 Å². The Balaban J connectivity index is 2.37. The topological polar surface area (TPSA) is 46.0 Å². The van der Waals surface area contributed by atoms with Gasteiger partial charge in [0.15, 0.2) is 0 Å². The van der Waals surface area contributed by atoms with Crippen molar-refractivity contribution in [1.29, 1.82) is 0 Å². The number of fused-ring (bicyclic) bond motifs is 1. The average Bonchev–Trinajstić information content (AvgIpc) is 2.48. The Bertz CT molecular complexity index is 807. The molecule has 3 rings (SSSR count). The standard InChI is InChI=1S/C16H12ClFN2O/c17-14-9-11(5-7-21)15(10-2-1-3-12(18)8-10)16-13(14)4-6-19-20-16/h1-4,6,8-9,21H,5,7H2. The van der Waals surface area contributed by atoms with E-state index in [0.717, 1.165) is 16.5 Å². The molecule has 1 heterocycles. The first kappa shape index (κ1) is 13.9. The quantitative estimate of drug-likeness (QED) is 0.803. The average molecular weight is 303 g/mol. The van der Waals surface area contributed by atoms with Crippen molar-refractivity contribution >= 4 is 22.5 Å². The molecule has 5 heteroatoms. The summed E-state index contributed by atoms with van der Waals surface area (Å²) in [6.45, 7) is -0.0234. The molecule has 0 atom stereocenters. The third-order valence-electron chi connectivity index (χ3n) is 3.33. The van der Waals surface area contributed by atoms with E-state index in [9.17, 15) is 9.50 Å². The van der Waals surface area contributed by atoms with E-state index in [1.165, 1.54) is 12.1 Å². The largest absolute Gasteiger partial charge is 0.396 e. The van der Waals surface area contributed by atoms with Gasteiger partial charge in [-0.2, -0.15) is 5.10 Å². The molecule has 0 saturated carbocycles. The first-order chi connectivity index (χ1) is 10.2. The summed E-state index contributed by atoms with van der Waals surface area (Å²) in [5, 5.41) is 18.6. The zero-order chi connectivity index (χ0) is 14.8. The highest BCUT2D eigenvalue weighted by Gasteiger charge is 2.14. The molecule has 3 aromatic rings. The van der Waals surface area contributed by atoms with E-state index < -0.39 is 0 Å². The van der Waals surface area contributed by atoms with Gasteiger partial charge in [-0.3, -0.25) is 0 Å². The van der Waals surface area contributed by atoms with Crippen LogP contribution in [0.15, 0.2) is 42.6 Å². The van der Waals surface area contributed by atoms with Gasteiger partial charge in [0.05, 0.1) is 11.2 Å². The molecule has 0 fully saturated rings. The van der Waals surface area contributed by atoms with Crippen molar-refractivity contribution in [3.63, 3.8) is 0 Å². The lowest BCUT2D eigenvalue weighted by Gasteiger charge is -2.13. The minimum absolute atomic E-state index is 0.0234. The molecule has 2 aromatic carbocycles. The number of hydrogen-bond acceptors (Lipinski definition) is 3. The van der Waals surface area contributed by atoms with Crippen LogP contribution in [-0.2, 0) is 6.42 Å². The van der Waals surface area contributed by atoms with Gasteiger partial charge in [0.2, 0.25) is 0 Å². The van der Waals surface area contributed by atoms with E-state index in [-0.39, 0.29) is 12.4 Å². The summed E-state index contributed by atoms with van der Waals surface area (Å²) in [7, 11) is 0. The number of benzene rings is 2. The van der Waals surface area contributed by atoms with E-state index in [1.54, 1.807) is 30.5 Å². The number of halogens is 2. The fourth-order valence-corrected chi connectivity index (χ4v) is 2.73. The number of rotatable bonds is 3. The number of aromatic nitrogens is 2. The molecule has 0 aliphatic carbocycles. The molecule has 21 heavy (non-hydrogen) atoms. The highest BCUT2D eigenvalue weighted by Crippen LogP contribution is 2.35. The maximum atomic E-state index is 13.5. The molecule has 0 radical (unpaired) electrons. The second-order valence-electron chi connectivity index (χ2n) is 4.67. The molecule has 3 nitrogen and oxygen atoms in total. The molecule has 106 valence electrons. The van der Waals surface area contributed by atoms with Crippen molar-refractivity contribution in [2.24, 2.45) is 0 Å². The molecule has 0 unspecified atom stereocenters. The van der Waals surface area contributed by atoms with Gasteiger partial charge < -0.3 is 5.11 Å². The van der Waals surface area contributed by atoms with Crippen LogP contribution in [0.2, 0.25) is 5.02 Å². The van der Waals surface area contributed by atoms with Crippen LogP contribution in [-0.4, -0.2) is 21.9 Å². The summed E-state index contributed by atoms with van der Waals surface area (Å²) < 4.78 is 13.5. The van der Waals surface area contributed by atoms with Crippen LogP contribution in [0.25, 0.3) is 22.0 Å². The molecule has 1 N–H and O–H groups in total. The second kappa shape index (κ2) is 5.76. The zero-order valence-corrected chi connectivity index (χ0v) is 11.8. The van der Waals surface area contributed by atoms with Gasteiger partial charge in [-0.05, 0) is 41.8 Å². The molecule has 1 aromatic heterocycles. The normalized spacial score (nSPS) is 11.0. The summed E-state index contributed by atoms with van der Waals surface area (Å²) in [5.74, 6) is -0.325. The van der Waals surface area contributed by atoms with Crippen LogP contribution < -0.4 is 0 Å². The summed E-state index contributed by atoms with van der Waals surface area (Å²) in [5.41, 5.74) is 2.89. The summed E-state index contributed by atoms with van der Waals surface area (Å²) in [6.07, 6.45) is 1.98. The Morgan fingerprint density at radius 2 is 2.05 bits per heavy atom. The molecule has 0 spiro atoms. The van der Waals surface area contributed by atoms with Crippen LogP contribution in [0.5, 0.6) is 0 Å². The minimum Gasteiger partial charge on any atom is -0.396 e. The Labute approximate surface area is 126 Å². The Hall–Kier alpha value is -2.04. The van der Waals surface area contributed by atoms with Gasteiger partial charge in [0, 0.05) is 17.6 Å². The lowest BCUT2D eigenvalue weighted by Crippen LogP contribution is -1.98. The predicted octanol–water partition coefficient (Wildman–Crippen LogP) is 3.62. The van der Waals surface area contributed by atoms with Gasteiger partial charge in [-0.1, -0.05) is 23.7 Å². The van der Waals surface area contributed by atoms with E-state index in [4.69, 9.17) is 11.6 Å². The van der Waals surface area contributed by atoms with Gasteiger partial charge in [0.1, 0.15) is 11.3 Å². The maximum Gasteiger partial charge on any atom is 0.123 e. The summed E-state index contributed by atoms with van der Waals surface area (Å²) >= 11 is 6.27. The second-order valence-corrected chi connectivity index (χ2v) is 5.08. The van der Waals surface area contributed by atoms with Crippen molar-refractivity contribution < 1.29 is 9.50 Å². The molecule has 0 aliphatic rings. The smallest absolute Gasteiger partial charge is 0.123 e. The number of nitrogens with zero attached hydrogens (tertiary/aromatic N) is 2. The Morgan fingerprint density at radius 3 is 2.81 bits per heavy atom. The van der Waals surface area contributed by atoms with Crippen molar-refractivity contribution in [3.8, 4) is 11.1 Å². The van der Waals surface area contributed by atoms with Crippen LogP contribution >= 0.6 is 11.6 Å². The fraction of sp³-hybridized carbons (Fsp3) is 0.125. The molecule has 0 bridgehead atoms. The summed E-state index contributed by atoms with van der Waals surface area (Å²) in [4.78, 5) is 0. The third-order valence-corrected chi connectivity index (χ3v) is 3.64. The van der Waals surface area contributed by atoms with Crippen LogP contribution in [0, 0.1) is 5.82 Å². The van der Waals surface area contributed by atoms with E-state index in [0.29, 0.717) is 22.5 Å². The third kappa shape index (κ3) is 2.60. The first-order valence-corrected chi connectivity index (χ1v) is 6.88. The molecule has 0 aliphatic heterocycles. The Kier molecular flexibility index (Phi) is 3.82. The van der Waals surface area contributed by atoms with Crippen molar-refractivity contribution in [2.45, 2.75) is 6.42 Å². The number of hydrogen-bond donors (Lipinski definition) is 1. The lowest BCUT2D eigenvalue weighted by atomic mass is 9.95. The highest BCUT2D eigenvalue weighted by molar-refractivity contribution is 6.36. The van der Waals surface area contributed by atoms with Crippen LogP contribution in [0.4, 0.5) is 4.39 Å². The monoisotopic (exact) mass is 302 g/mol. The SMILES string of the molecule is OCCc1cc(Cl)c2ccnnc2c1-c1cccc(F)c1. The van der Waals surface area contributed by atoms with E-state index >= 15 is 0 Å². The molecule has 0 saturated heterocycles. The van der Waals surface area contributed by atoms with Crippen LogP contribution in [0.1, 0.15) is 5.56 Å². The maximum absolute atomic E-state index is 13.5. The first-order valence-electron chi connectivity index (χ1n) is 6.50. The van der Waals surface area contributed by atoms with Crippen molar-refractivity contribution in [1.82, 2.24) is 10.2 Å². The van der Waals surface area contributed by atoms with Gasteiger partial charge >= 0.3 is 0 Å². The van der Waals surface area contributed by atoms with Crippen molar-refractivity contribution in [3.05, 3.63) is 59.0 Å². The van der Waals surface area contributed by atoms with Gasteiger partial charge in [-0.15, -0.1) is 5.10 Å². The lowest BCUT2D eigenvalue weighted by molar-refractivity contribution is 0.300. The van der Waals surface area contributed by atoms with Crippen molar-refractivity contribution in [2.75, 3.05) is 6.61 Å².